The maximum Gasteiger partial charge on any atom is 0.270 e. The highest BCUT2D eigenvalue weighted by Gasteiger charge is 2.62. The topological polar surface area (TPSA) is 38.0 Å². The third-order valence-corrected chi connectivity index (χ3v) is 2.95. The van der Waals surface area contributed by atoms with Gasteiger partial charge in [0.05, 0.1) is 5.54 Å². The molecule has 64 valence electrons. The summed E-state index contributed by atoms with van der Waals surface area (Å²) in [6.07, 6.45) is 1.02. The molecule has 2 bridgehead atoms. The predicted octanol–water partition coefficient (Wildman–Crippen LogP) is 0.332. The molecule has 0 aromatic carbocycles. The first-order valence-corrected chi connectivity index (χ1v) is 3.94. The molecule has 2 aliphatic rings. The largest absolute Gasteiger partial charge is 0.319 e. The van der Waals surface area contributed by atoms with Crippen LogP contribution in [0.3, 0.4) is 0 Å². The van der Waals surface area contributed by atoms with Gasteiger partial charge in [0.2, 0.25) is 0 Å². The molecule has 1 saturated heterocycles. The Balaban J connectivity index is 2.33. The van der Waals surface area contributed by atoms with Crippen LogP contribution >= 0.6 is 0 Å². The average molecular weight is 162 g/mol. The molecule has 0 aromatic rings. The predicted molar refractivity (Wildman–Crippen MR) is 37.5 cm³/mol. The first-order valence-electron chi connectivity index (χ1n) is 3.94. The molecule has 1 saturated carbocycles. The van der Waals surface area contributed by atoms with E-state index in [1.165, 1.54) is 0 Å². The lowest BCUT2D eigenvalue weighted by atomic mass is 9.89. The number of hydrogen-bond donors (Lipinski definition) is 2. The van der Waals surface area contributed by atoms with Crippen LogP contribution < -0.4 is 11.1 Å². The summed E-state index contributed by atoms with van der Waals surface area (Å²) in [4.78, 5) is 0. The molecule has 2 rings (SSSR count). The molecule has 2 nitrogen and oxygen atoms in total. The quantitative estimate of drug-likeness (QED) is 0.538. The monoisotopic (exact) mass is 162 g/mol. The van der Waals surface area contributed by atoms with Gasteiger partial charge < -0.3 is 11.1 Å². The zero-order valence-corrected chi connectivity index (χ0v) is 6.24. The number of nitrogens with one attached hydrogen (secondary N) is 1. The van der Waals surface area contributed by atoms with Gasteiger partial charge in [-0.3, -0.25) is 0 Å². The van der Waals surface area contributed by atoms with Crippen molar-refractivity contribution in [3.05, 3.63) is 0 Å². The number of fused-ring (bicyclic) bond motifs is 2. The Hall–Kier alpha value is -0.220. The van der Waals surface area contributed by atoms with Crippen molar-refractivity contribution in [2.24, 2.45) is 11.7 Å². The number of nitrogens with two attached hydrogens (primary N) is 1. The van der Waals surface area contributed by atoms with Crippen molar-refractivity contribution in [2.75, 3.05) is 13.1 Å². The van der Waals surface area contributed by atoms with E-state index in [0.717, 1.165) is 0 Å². The van der Waals surface area contributed by atoms with Crippen LogP contribution in [0.2, 0.25) is 0 Å². The minimum absolute atomic E-state index is 0.260. The van der Waals surface area contributed by atoms with E-state index in [4.69, 9.17) is 5.73 Å². The lowest BCUT2D eigenvalue weighted by molar-refractivity contribution is -0.102. The Morgan fingerprint density at radius 1 is 1.45 bits per heavy atom. The van der Waals surface area contributed by atoms with E-state index in [2.05, 4.69) is 5.32 Å². The Bertz CT molecular complexity index is 177. The Kier molecular flexibility index (Phi) is 1.30. The van der Waals surface area contributed by atoms with Gasteiger partial charge in [-0.2, -0.15) is 0 Å². The maximum absolute atomic E-state index is 13.3. The zero-order valence-electron chi connectivity index (χ0n) is 6.24. The van der Waals surface area contributed by atoms with E-state index < -0.39 is 17.4 Å². The summed E-state index contributed by atoms with van der Waals surface area (Å²) in [6.45, 7) is 0.683. The molecule has 11 heavy (non-hydrogen) atoms. The Morgan fingerprint density at radius 2 is 2.18 bits per heavy atom. The normalized spacial score (nSPS) is 47.7. The second-order valence-electron chi connectivity index (χ2n) is 3.65. The molecule has 0 aromatic heterocycles. The van der Waals surface area contributed by atoms with E-state index in [9.17, 15) is 8.78 Å². The van der Waals surface area contributed by atoms with Gasteiger partial charge in [0, 0.05) is 19.0 Å². The molecule has 2 fully saturated rings. The van der Waals surface area contributed by atoms with E-state index in [0.29, 0.717) is 19.4 Å². The van der Waals surface area contributed by atoms with E-state index >= 15 is 0 Å². The van der Waals surface area contributed by atoms with Crippen LogP contribution in [0.25, 0.3) is 0 Å². The molecule has 2 unspecified atom stereocenters. The fraction of sp³-hybridized carbons (Fsp3) is 1.00. The summed E-state index contributed by atoms with van der Waals surface area (Å²) >= 11 is 0. The number of piperidine rings is 1. The van der Waals surface area contributed by atoms with E-state index in [1.807, 2.05) is 0 Å². The van der Waals surface area contributed by atoms with E-state index in [1.54, 1.807) is 0 Å². The third kappa shape index (κ3) is 0.767. The van der Waals surface area contributed by atoms with Crippen LogP contribution in [0.4, 0.5) is 8.78 Å². The molecule has 3 N–H and O–H groups in total. The van der Waals surface area contributed by atoms with Gasteiger partial charge in [0.25, 0.3) is 5.92 Å². The standard InChI is InChI=1S/C7H12F2N2/c8-7(9)5-1-2-6(7,10)4-11-3-5/h5,11H,1-4,10H2. The van der Waals surface area contributed by atoms with Gasteiger partial charge in [-0.1, -0.05) is 0 Å². The summed E-state index contributed by atoms with van der Waals surface area (Å²) < 4.78 is 26.5. The average Bonchev–Trinajstić information content (AvgIpc) is 2.17. The first-order chi connectivity index (χ1) is 5.06. The number of hydrogen-bond acceptors (Lipinski definition) is 2. The zero-order chi connectivity index (χ0) is 8.11. The lowest BCUT2D eigenvalue weighted by Gasteiger charge is -2.38. The van der Waals surface area contributed by atoms with Crippen LogP contribution in [-0.4, -0.2) is 24.6 Å². The van der Waals surface area contributed by atoms with Gasteiger partial charge in [-0.15, -0.1) is 0 Å². The number of rotatable bonds is 0. The summed E-state index contributed by atoms with van der Waals surface area (Å²) in [5.41, 5.74) is 4.31. The molecule has 1 heterocycles. The SMILES string of the molecule is NC12CCC(CNC1)C2(F)F. The van der Waals surface area contributed by atoms with Gasteiger partial charge in [0.15, 0.2) is 0 Å². The van der Waals surface area contributed by atoms with Gasteiger partial charge in [0.1, 0.15) is 0 Å². The van der Waals surface area contributed by atoms with Crippen molar-refractivity contribution in [1.29, 1.82) is 0 Å². The molecule has 0 amide bonds. The molecular weight excluding hydrogens is 150 g/mol. The number of alkyl halides is 2. The minimum atomic E-state index is -2.64. The molecule has 1 aliphatic carbocycles. The molecule has 0 radical (unpaired) electrons. The third-order valence-electron chi connectivity index (χ3n) is 2.95. The summed E-state index contributed by atoms with van der Waals surface area (Å²) in [5, 5.41) is 2.94. The van der Waals surface area contributed by atoms with Crippen molar-refractivity contribution in [2.45, 2.75) is 24.3 Å². The second-order valence-corrected chi connectivity index (χ2v) is 3.65. The highest BCUT2D eigenvalue weighted by molar-refractivity contribution is 5.11. The van der Waals surface area contributed by atoms with Crippen LogP contribution in [0, 0.1) is 5.92 Å². The van der Waals surface area contributed by atoms with E-state index in [-0.39, 0.29) is 6.54 Å². The van der Waals surface area contributed by atoms with Gasteiger partial charge in [-0.05, 0) is 12.8 Å². The van der Waals surface area contributed by atoms with Crippen molar-refractivity contribution < 1.29 is 8.78 Å². The van der Waals surface area contributed by atoms with Crippen LogP contribution in [-0.2, 0) is 0 Å². The van der Waals surface area contributed by atoms with Crippen LogP contribution in [0.15, 0.2) is 0 Å². The van der Waals surface area contributed by atoms with Crippen molar-refractivity contribution >= 4 is 0 Å². The van der Waals surface area contributed by atoms with Crippen molar-refractivity contribution in [3.63, 3.8) is 0 Å². The fourth-order valence-corrected chi connectivity index (χ4v) is 2.09. The summed E-state index contributed by atoms with van der Waals surface area (Å²) in [7, 11) is 0. The van der Waals surface area contributed by atoms with Crippen LogP contribution in [0.5, 0.6) is 0 Å². The Labute approximate surface area is 64.1 Å². The summed E-state index contributed by atoms with van der Waals surface area (Å²) in [5.74, 6) is -3.17. The molecule has 4 heteroatoms. The van der Waals surface area contributed by atoms with Crippen molar-refractivity contribution in [1.82, 2.24) is 5.32 Å². The Morgan fingerprint density at radius 3 is 2.73 bits per heavy atom. The number of halogens is 2. The highest BCUT2D eigenvalue weighted by Crippen LogP contribution is 2.47. The smallest absolute Gasteiger partial charge is 0.270 e. The van der Waals surface area contributed by atoms with Gasteiger partial charge in [-0.25, -0.2) is 8.78 Å². The van der Waals surface area contributed by atoms with Gasteiger partial charge >= 0.3 is 0 Å². The molecule has 0 spiro atoms. The fourth-order valence-electron chi connectivity index (χ4n) is 2.09. The molecular formula is C7H12F2N2. The maximum atomic E-state index is 13.3. The van der Waals surface area contributed by atoms with Crippen LogP contribution in [0.1, 0.15) is 12.8 Å². The molecule has 2 atom stereocenters. The summed E-state index contributed by atoms with van der Waals surface area (Å²) in [6, 6.07) is 0. The highest BCUT2D eigenvalue weighted by atomic mass is 19.3. The van der Waals surface area contributed by atoms with Crippen molar-refractivity contribution in [3.8, 4) is 0 Å². The minimum Gasteiger partial charge on any atom is -0.319 e. The molecule has 1 aliphatic heterocycles. The second kappa shape index (κ2) is 1.93. The first kappa shape index (κ1) is 7.43. The lowest BCUT2D eigenvalue weighted by Crippen LogP contribution is -2.64.